The number of hydrogen-bond donors (Lipinski definition) is 2. The first-order valence-electron chi connectivity index (χ1n) is 7.25. The second kappa shape index (κ2) is 7.54. The molecule has 1 heterocycles. The van der Waals surface area contributed by atoms with Crippen molar-refractivity contribution in [1.29, 1.82) is 0 Å². The topological polar surface area (TPSA) is 105 Å². The fraction of sp³-hybridized carbons (Fsp3) is 0.0625. The molecule has 0 spiro atoms. The lowest BCUT2D eigenvalue weighted by molar-refractivity contribution is -0.122. The number of amides is 1. The minimum Gasteiger partial charge on any atom is -0.507 e. The van der Waals surface area contributed by atoms with Crippen LogP contribution in [0.5, 0.6) is 5.75 Å². The molecule has 1 amide bonds. The zero-order chi connectivity index (χ0) is 17.6. The Morgan fingerprint density at radius 3 is 2.88 bits per heavy atom. The molecule has 0 aliphatic rings. The van der Waals surface area contributed by atoms with E-state index in [1.165, 1.54) is 23.1 Å². The molecule has 0 unspecified atom stereocenters. The first-order valence-corrected chi connectivity index (χ1v) is 7.63. The first-order chi connectivity index (χ1) is 12.1. The van der Waals surface area contributed by atoms with E-state index in [0.29, 0.717) is 16.4 Å². The number of carbonyl (C=O) groups excluding carboxylic acids is 1. The summed E-state index contributed by atoms with van der Waals surface area (Å²) in [5.74, 6) is 0.00313. The van der Waals surface area contributed by atoms with Crippen LogP contribution in [0, 0.1) is 0 Å². The Labute approximate surface area is 147 Å². The van der Waals surface area contributed by atoms with E-state index in [4.69, 9.17) is 11.6 Å². The van der Waals surface area contributed by atoms with E-state index in [0.717, 1.165) is 5.56 Å². The van der Waals surface area contributed by atoms with Crippen molar-refractivity contribution >= 4 is 23.7 Å². The Bertz CT molecular complexity index is 910. The summed E-state index contributed by atoms with van der Waals surface area (Å²) >= 11 is 5.83. The number of hydrogen-bond acceptors (Lipinski definition) is 6. The number of phenolic OH excluding ortho intramolecular Hbond substituents is 1. The fourth-order valence-electron chi connectivity index (χ4n) is 1.98. The molecular weight excluding hydrogens is 344 g/mol. The summed E-state index contributed by atoms with van der Waals surface area (Å²) in [5.41, 5.74) is 3.52. The van der Waals surface area contributed by atoms with Gasteiger partial charge in [-0.05, 0) is 23.4 Å². The van der Waals surface area contributed by atoms with Crippen LogP contribution in [0.3, 0.4) is 0 Å². The Morgan fingerprint density at radius 1 is 1.28 bits per heavy atom. The lowest BCUT2D eigenvalue weighted by Gasteiger charge is -2.00. The number of tetrazole rings is 1. The number of rotatable bonds is 5. The second-order valence-corrected chi connectivity index (χ2v) is 5.44. The summed E-state index contributed by atoms with van der Waals surface area (Å²) in [6.45, 7) is -0.140. The van der Waals surface area contributed by atoms with Crippen LogP contribution >= 0.6 is 11.6 Å². The largest absolute Gasteiger partial charge is 0.507 e. The summed E-state index contributed by atoms with van der Waals surface area (Å²) in [5, 5.41) is 25.7. The number of phenols is 1. The Balaban J connectivity index is 1.59. The monoisotopic (exact) mass is 356 g/mol. The molecule has 0 aliphatic heterocycles. The maximum absolute atomic E-state index is 11.9. The standard InChI is InChI=1S/C16H13ClN6O2/c17-13-6-7-14(24)12(8-13)9-18-19-15(25)10-23-21-16(20-22-23)11-4-2-1-3-5-11/h1-9,24H,10H2,(H,19,25)/b18-9-. The van der Waals surface area contributed by atoms with Crippen LogP contribution in [0.25, 0.3) is 11.4 Å². The minimum absolute atomic E-state index is 0.00726. The van der Waals surface area contributed by atoms with Gasteiger partial charge in [0.05, 0.1) is 6.21 Å². The number of benzene rings is 2. The third-order valence-electron chi connectivity index (χ3n) is 3.15. The molecule has 0 radical (unpaired) electrons. The normalized spacial score (nSPS) is 10.9. The minimum atomic E-state index is -0.435. The van der Waals surface area contributed by atoms with Crippen molar-refractivity contribution in [3.8, 4) is 17.1 Å². The highest BCUT2D eigenvalue weighted by Gasteiger charge is 2.08. The van der Waals surface area contributed by atoms with Gasteiger partial charge in [0.1, 0.15) is 12.3 Å². The van der Waals surface area contributed by atoms with Crippen molar-refractivity contribution in [2.24, 2.45) is 5.10 Å². The van der Waals surface area contributed by atoms with Gasteiger partial charge < -0.3 is 5.11 Å². The lowest BCUT2D eigenvalue weighted by Crippen LogP contribution is -2.24. The highest BCUT2D eigenvalue weighted by atomic mass is 35.5. The molecule has 0 atom stereocenters. The predicted octanol–water partition coefficient (Wildman–Crippen LogP) is 1.85. The van der Waals surface area contributed by atoms with Crippen LogP contribution in [0.15, 0.2) is 53.6 Å². The van der Waals surface area contributed by atoms with Gasteiger partial charge in [-0.1, -0.05) is 41.9 Å². The highest BCUT2D eigenvalue weighted by Crippen LogP contribution is 2.19. The van der Waals surface area contributed by atoms with Crippen molar-refractivity contribution in [1.82, 2.24) is 25.6 Å². The average molecular weight is 357 g/mol. The van der Waals surface area contributed by atoms with Crippen molar-refractivity contribution < 1.29 is 9.90 Å². The van der Waals surface area contributed by atoms with Crippen LogP contribution in [0.1, 0.15) is 5.56 Å². The molecule has 9 heteroatoms. The Kier molecular flexibility index (Phi) is 5.00. The first kappa shape index (κ1) is 16.6. The summed E-state index contributed by atoms with van der Waals surface area (Å²) in [4.78, 5) is 13.0. The summed E-state index contributed by atoms with van der Waals surface area (Å²) in [6, 6.07) is 13.8. The molecule has 0 bridgehead atoms. The van der Waals surface area contributed by atoms with E-state index in [9.17, 15) is 9.90 Å². The van der Waals surface area contributed by atoms with Crippen LogP contribution < -0.4 is 5.43 Å². The third-order valence-corrected chi connectivity index (χ3v) is 3.39. The van der Waals surface area contributed by atoms with E-state index in [1.54, 1.807) is 6.07 Å². The van der Waals surface area contributed by atoms with Crippen LogP contribution in [0.4, 0.5) is 0 Å². The van der Waals surface area contributed by atoms with Crippen molar-refractivity contribution in [2.45, 2.75) is 6.54 Å². The number of aromatic nitrogens is 4. The van der Waals surface area contributed by atoms with Gasteiger partial charge in [-0.15, -0.1) is 10.2 Å². The van der Waals surface area contributed by atoms with Crippen LogP contribution in [-0.2, 0) is 11.3 Å². The number of carbonyl (C=O) groups is 1. The van der Waals surface area contributed by atoms with Gasteiger partial charge in [0, 0.05) is 16.1 Å². The molecule has 3 rings (SSSR count). The van der Waals surface area contributed by atoms with E-state index in [-0.39, 0.29) is 12.3 Å². The molecule has 2 aromatic carbocycles. The highest BCUT2D eigenvalue weighted by molar-refractivity contribution is 6.30. The van der Waals surface area contributed by atoms with Gasteiger partial charge in [-0.2, -0.15) is 9.90 Å². The molecule has 0 fully saturated rings. The second-order valence-electron chi connectivity index (χ2n) is 5.01. The molecule has 126 valence electrons. The number of aromatic hydroxyl groups is 1. The van der Waals surface area contributed by atoms with Gasteiger partial charge in [0.25, 0.3) is 5.91 Å². The fourth-order valence-corrected chi connectivity index (χ4v) is 2.16. The summed E-state index contributed by atoms with van der Waals surface area (Å²) < 4.78 is 0. The zero-order valence-electron chi connectivity index (χ0n) is 12.9. The van der Waals surface area contributed by atoms with Crippen LogP contribution in [0.2, 0.25) is 5.02 Å². The molecule has 25 heavy (non-hydrogen) atoms. The smallest absolute Gasteiger partial charge is 0.263 e. The molecule has 3 aromatic rings. The van der Waals surface area contributed by atoms with Gasteiger partial charge >= 0.3 is 0 Å². The number of halogens is 1. The van der Waals surface area contributed by atoms with Crippen molar-refractivity contribution in [3.05, 3.63) is 59.1 Å². The molecule has 1 aromatic heterocycles. The van der Waals surface area contributed by atoms with Crippen molar-refractivity contribution in [3.63, 3.8) is 0 Å². The number of nitrogens with one attached hydrogen (secondary N) is 1. The predicted molar refractivity (Wildman–Crippen MR) is 92.1 cm³/mol. The van der Waals surface area contributed by atoms with E-state index in [1.807, 2.05) is 30.3 Å². The molecule has 0 saturated carbocycles. The maximum atomic E-state index is 11.9. The van der Waals surface area contributed by atoms with Gasteiger partial charge in [-0.3, -0.25) is 4.79 Å². The van der Waals surface area contributed by atoms with E-state index < -0.39 is 5.91 Å². The summed E-state index contributed by atoms with van der Waals surface area (Å²) in [7, 11) is 0. The SMILES string of the molecule is O=C(Cn1nnc(-c2ccccc2)n1)N/N=C\c1cc(Cl)ccc1O. The molecule has 2 N–H and O–H groups in total. The lowest BCUT2D eigenvalue weighted by atomic mass is 10.2. The van der Waals surface area contributed by atoms with E-state index in [2.05, 4.69) is 25.9 Å². The molecular formula is C16H13ClN6O2. The third kappa shape index (κ3) is 4.39. The van der Waals surface area contributed by atoms with Gasteiger partial charge in [0.2, 0.25) is 5.82 Å². The number of nitrogens with zero attached hydrogens (tertiary/aromatic N) is 5. The zero-order valence-corrected chi connectivity index (χ0v) is 13.6. The van der Waals surface area contributed by atoms with Gasteiger partial charge in [0.15, 0.2) is 0 Å². The number of hydrazone groups is 1. The summed E-state index contributed by atoms with van der Waals surface area (Å²) in [6.07, 6.45) is 1.29. The Morgan fingerprint density at radius 2 is 2.08 bits per heavy atom. The van der Waals surface area contributed by atoms with E-state index >= 15 is 0 Å². The quantitative estimate of drug-likeness (QED) is 0.536. The average Bonchev–Trinajstić information content (AvgIpc) is 3.07. The molecule has 0 saturated heterocycles. The molecule has 0 aliphatic carbocycles. The Hall–Kier alpha value is -3.26. The van der Waals surface area contributed by atoms with Gasteiger partial charge in [-0.25, -0.2) is 5.43 Å². The van der Waals surface area contributed by atoms with Crippen LogP contribution in [-0.4, -0.2) is 37.4 Å². The maximum Gasteiger partial charge on any atom is 0.263 e. The van der Waals surface area contributed by atoms with Crippen molar-refractivity contribution in [2.75, 3.05) is 0 Å². The molecule has 8 nitrogen and oxygen atoms in total.